The van der Waals surface area contributed by atoms with Gasteiger partial charge < -0.3 is 10.0 Å². The van der Waals surface area contributed by atoms with Crippen LogP contribution in [-0.2, 0) is 6.54 Å². The van der Waals surface area contributed by atoms with E-state index < -0.39 is 0 Å². The van der Waals surface area contributed by atoms with Crippen molar-refractivity contribution in [2.45, 2.75) is 26.4 Å². The average molecular weight is 237 g/mol. The monoisotopic (exact) mass is 237 g/mol. The zero-order valence-electron chi connectivity index (χ0n) is 11.2. The lowest BCUT2D eigenvalue weighted by molar-refractivity contribution is 0.172. The molecule has 1 unspecified atom stereocenters. The van der Waals surface area contributed by atoms with Crippen molar-refractivity contribution in [1.29, 1.82) is 0 Å². The topological polar surface area (TPSA) is 39.6 Å². The summed E-state index contributed by atoms with van der Waals surface area (Å²) in [6, 6.07) is 4.05. The number of likely N-dealkylation sites (N-methyl/N-ethyl adjacent to an activating group) is 2. The normalized spacial score (nSPS) is 13.3. The highest BCUT2D eigenvalue weighted by atomic mass is 16.3. The van der Waals surface area contributed by atoms with Crippen LogP contribution in [0.25, 0.3) is 0 Å². The summed E-state index contributed by atoms with van der Waals surface area (Å²) in [5.41, 5.74) is 0.996. The van der Waals surface area contributed by atoms with Gasteiger partial charge in [0.05, 0.1) is 11.9 Å². The quantitative estimate of drug-likeness (QED) is 0.815. The predicted molar refractivity (Wildman–Crippen MR) is 70.0 cm³/mol. The molecule has 4 heteroatoms. The van der Waals surface area contributed by atoms with E-state index in [9.17, 15) is 5.11 Å². The lowest BCUT2D eigenvalue weighted by atomic mass is 10.2. The van der Waals surface area contributed by atoms with Crippen LogP contribution in [0.15, 0.2) is 18.3 Å². The summed E-state index contributed by atoms with van der Waals surface area (Å²) < 4.78 is 0. The molecule has 1 atom stereocenters. The molecule has 0 saturated carbocycles. The van der Waals surface area contributed by atoms with Crippen LogP contribution in [0.2, 0.25) is 0 Å². The van der Waals surface area contributed by atoms with E-state index in [1.807, 2.05) is 6.07 Å². The molecule has 0 radical (unpaired) electrons. The maximum absolute atomic E-state index is 9.19. The van der Waals surface area contributed by atoms with Gasteiger partial charge in [-0.25, -0.2) is 0 Å². The Labute approximate surface area is 104 Å². The van der Waals surface area contributed by atoms with E-state index in [-0.39, 0.29) is 5.75 Å². The highest BCUT2D eigenvalue weighted by Gasteiger charge is 2.13. The minimum atomic E-state index is 0.220. The third kappa shape index (κ3) is 4.71. The Kier molecular flexibility index (Phi) is 5.38. The molecule has 0 aromatic carbocycles. The van der Waals surface area contributed by atoms with Crippen LogP contribution in [0, 0.1) is 0 Å². The first kappa shape index (κ1) is 13.9. The molecule has 0 fully saturated rings. The number of pyridine rings is 1. The molecular formula is C13H23N3O. The van der Waals surface area contributed by atoms with Crippen molar-refractivity contribution in [2.24, 2.45) is 0 Å². The summed E-state index contributed by atoms with van der Waals surface area (Å²) in [4.78, 5) is 8.79. The number of rotatable bonds is 6. The third-order valence-electron chi connectivity index (χ3n) is 2.83. The summed E-state index contributed by atoms with van der Waals surface area (Å²) >= 11 is 0. The molecule has 0 aliphatic heterocycles. The minimum Gasteiger partial charge on any atom is -0.506 e. The van der Waals surface area contributed by atoms with Crippen LogP contribution in [0.5, 0.6) is 5.75 Å². The van der Waals surface area contributed by atoms with Crippen LogP contribution in [0.3, 0.4) is 0 Å². The first-order chi connectivity index (χ1) is 8.02. The molecule has 0 aliphatic carbocycles. The molecule has 1 heterocycles. The molecule has 1 N–H and O–H groups in total. The van der Waals surface area contributed by atoms with Gasteiger partial charge in [0, 0.05) is 19.1 Å². The van der Waals surface area contributed by atoms with Crippen LogP contribution in [0.4, 0.5) is 0 Å². The van der Waals surface area contributed by atoms with Gasteiger partial charge in [-0.15, -0.1) is 0 Å². The second-order valence-corrected chi connectivity index (χ2v) is 4.68. The third-order valence-corrected chi connectivity index (χ3v) is 2.83. The van der Waals surface area contributed by atoms with Crippen LogP contribution >= 0.6 is 0 Å². The molecule has 0 aliphatic rings. The fourth-order valence-corrected chi connectivity index (χ4v) is 1.94. The number of hydrogen-bond acceptors (Lipinski definition) is 4. The van der Waals surface area contributed by atoms with Gasteiger partial charge in [-0.3, -0.25) is 9.88 Å². The van der Waals surface area contributed by atoms with Crippen molar-refractivity contribution < 1.29 is 5.11 Å². The van der Waals surface area contributed by atoms with Gasteiger partial charge in [0.15, 0.2) is 0 Å². The van der Waals surface area contributed by atoms with Crippen LogP contribution < -0.4 is 0 Å². The van der Waals surface area contributed by atoms with E-state index in [1.54, 1.807) is 6.07 Å². The fourth-order valence-electron chi connectivity index (χ4n) is 1.94. The largest absolute Gasteiger partial charge is 0.506 e. The number of aromatic nitrogens is 1. The van der Waals surface area contributed by atoms with Crippen molar-refractivity contribution in [3.05, 3.63) is 24.0 Å². The molecule has 0 saturated heterocycles. The molecule has 0 amide bonds. The van der Waals surface area contributed by atoms with Gasteiger partial charge in [-0.2, -0.15) is 0 Å². The highest BCUT2D eigenvalue weighted by Crippen LogP contribution is 2.10. The summed E-state index contributed by atoms with van der Waals surface area (Å²) in [6.07, 6.45) is 1.50. The Hall–Kier alpha value is -1.13. The molecule has 4 nitrogen and oxygen atoms in total. The molecule has 17 heavy (non-hydrogen) atoms. The SMILES string of the molecule is CCN(Cc1ccc(O)cn1)C(C)CN(C)C. The van der Waals surface area contributed by atoms with Gasteiger partial charge in [-0.1, -0.05) is 6.92 Å². The number of aromatic hydroxyl groups is 1. The van der Waals surface area contributed by atoms with Crippen LogP contribution in [0.1, 0.15) is 19.5 Å². The van der Waals surface area contributed by atoms with Gasteiger partial charge in [-0.05, 0) is 39.7 Å². The summed E-state index contributed by atoms with van der Waals surface area (Å²) in [5.74, 6) is 0.220. The van der Waals surface area contributed by atoms with Crippen molar-refractivity contribution in [3.63, 3.8) is 0 Å². The van der Waals surface area contributed by atoms with Crippen LogP contribution in [-0.4, -0.2) is 53.1 Å². The average Bonchev–Trinajstić information content (AvgIpc) is 2.27. The summed E-state index contributed by atoms with van der Waals surface area (Å²) in [5, 5.41) is 9.19. The smallest absolute Gasteiger partial charge is 0.133 e. The Bertz CT molecular complexity index is 324. The Balaban J connectivity index is 2.59. The van der Waals surface area contributed by atoms with E-state index in [0.29, 0.717) is 6.04 Å². The second kappa shape index (κ2) is 6.57. The molecule has 0 spiro atoms. The Morgan fingerprint density at radius 2 is 2.06 bits per heavy atom. The van der Waals surface area contributed by atoms with E-state index in [4.69, 9.17) is 0 Å². The van der Waals surface area contributed by atoms with E-state index in [1.165, 1.54) is 6.20 Å². The molecule has 0 bridgehead atoms. The summed E-state index contributed by atoms with van der Waals surface area (Å²) in [7, 11) is 4.17. The van der Waals surface area contributed by atoms with Crippen molar-refractivity contribution in [2.75, 3.05) is 27.2 Å². The first-order valence-corrected chi connectivity index (χ1v) is 6.05. The maximum Gasteiger partial charge on any atom is 0.133 e. The maximum atomic E-state index is 9.19. The van der Waals surface area contributed by atoms with Gasteiger partial charge in [0.25, 0.3) is 0 Å². The van der Waals surface area contributed by atoms with E-state index >= 15 is 0 Å². The highest BCUT2D eigenvalue weighted by molar-refractivity contribution is 5.17. The fraction of sp³-hybridized carbons (Fsp3) is 0.615. The van der Waals surface area contributed by atoms with Crippen molar-refractivity contribution in [1.82, 2.24) is 14.8 Å². The van der Waals surface area contributed by atoms with Gasteiger partial charge in [0.2, 0.25) is 0 Å². The van der Waals surface area contributed by atoms with Crippen molar-refractivity contribution in [3.8, 4) is 5.75 Å². The van der Waals surface area contributed by atoms with E-state index in [2.05, 4.69) is 42.7 Å². The minimum absolute atomic E-state index is 0.220. The molecule has 96 valence electrons. The first-order valence-electron chi connectivity index (χ1n) is 6.05. The summed E-state index contributed by atoms with van der Waals surface area (Å²) in [6.45, 7) is 7.24. The number of nitrogens with zero attached hydrogens (tertiary/aromatic N) is 3. The van der Waals surface area contributed by atoms with E-state index in [0.717, 1.165) is 25.3 Å². The van der Waals surface area contributed by atoms with Crippen molar-refractivity contribution >= 4 is 0 Å². The Morgan fingerprint density at radius 3 is 2.53 bits per heavy atom. The molecular weight excluding hydrogens is 214 g/mol. The van der Waals surface area contributed by atoms with Gasteiger partial charge >= 0.3 is 0 Å². The zero-order chi connectivity index (χ0) is 12.8. The molecule has 1 rings (SSSR count). The number of hydrogen-bond donors (Lipinski definition) is 1. The second-order valence-electron chi connectivity index (χ2n) is 4.68. The van der Waals surface area contributed by atoms with Gasteiger partial charge in [0.1, 0.15) is 5.75 Å². The Morgan fingerprint density at radius 1 is 1.35 bits per heavy atom. The molecule has 1 aromatic rings. The zero-order valence-corrected chi connectivity index (χ0v) is 11.2. The molecule has 1 aromatic heterocycles. The predicted octanol–water partition coefficient (Wildman–Crippen LogP) is 1.56. The lowest BCUT2D eigenvalue weighted by Gasteiger charge is -2.29. The lowest BCUT2D eigenvalue weighted by Crippen LogP contribution is -2.39. The standard InChI is InChI=1S/C13H23N3O/c1-5-16(11(2)9-15(3)4)10-12-6-7-13(17)8-14-12/h6-8,11,17H,5,9-10H2,1-4H3.